The predicted octanol–water partition coefficient (Wildman–Crippen LogP) is 5.55. The van der Waals surface area contributed by atoms with Crippen LogP contribution < -0.4 is 10.2 Å². The monoisotopic (exact) mass is 500 g/mol. The average molecular weight is 501 g/mol. The molecule has 1 N–H and O–H groups in total. The van der Waals surface area contributed by atoms with Crippen molar-refractivity contribution in [3.8, 4) is 22.7 Å². The van der Waals surface area contributed by atoms with Crippen LogP contribution in [0.4, 0.5) is 22.0 Å². The molecule has 0 aliphatic carbocycles. The molecule has 1 amide bonds. The van der Waals surface area contributed by atoms with E-state index in [1.165, 1.54) is 12.1 Å². The highest BCUT2D eigenvalue weighted by Gasteiger charge is 2.33. The first kappa shape index (κ1) is 24.0. The fraction of sp³-hybridized carbons (Fsp3) is 0.273. The minimum Gasteiger partial charge on any atom is -0.430 e. The third-order valence-electron chi connectivity index (χ3n) is 5.20. The van der Waals surface area contributed by atoms with Crippen molar-refractivity contribution in [3.05, 3.63) is 64.8 Å². The topological polar surface area (TPSA) is 59.4 Å². The highest BCUT2D eigenvalue weighted by molar-refractivity contribution is 6.32. The molecule has 34 heavy (non-hydrogen) atoms. The predicted molar refractivity (Wildman–Crippen MR) is 114 cm³/mol. The molecule has 0 atom stereocenters. The minimum atomic E-state index is -4.59. The van der Waals surface area contributed by atoms with Crippen LogP contribution in [0.15, 0.2) is 48.5 Å². The van der Waals surface area contributed by atoms with Gasteiger partial charge in [-0.25, -0.2) is 9.69 Å². The molecule has 0 unspecified atom stereocenters. The Morgan fingerprint density at radius 2 is 1.71 bits per heavy atom. The molecule has 4 rings (SSSR count). The summed E-state index contributed by atoms with van der Waals surface area (Å²) in [4.78, 5) is 13.0. The molecule has 2 heterocycles. The van der Waals surface area contributed by atoms with Crippen LogP contribution in [0.1, 0.15) is 28.9 Å². The summed E-state index contributed by atoms with van der Waals surface area (Å²) >= 11 is 6.28. The van der Waals surface area contributed by atoms with Gasteiger partial charge in [-0.2, -0.15) is 27.1 Å². The summed E-state index contributed by atoms with van der Waals surface area (Å²) in [5.41, 5.74) is 1.37. The van der Waals surface area contributed by atoms with E-state index in [0.717, 1.165) is 41.8 Å². The Kier molecular flexibility index (Phi) is 6.76. The Labute approximate surface area is 195 Å². The van der Waals surface area contributed by atoms with E-state index < -0.39 is 35.7 Å². The Balaban J connectivity index is 1.89. The quantitative estimate of drug-likeness (QED) is 0.451. The third-order valence-corrected chi connectivity index (χ3v) is 5.52. The van der Waals surface area contributed by atoms with Gasteiger partial charge in [-0.3, -0.25) is 10.2 Å². The van der Waals surface area contributed by atoms with Gasteiger partial charge in [-0.05, 0) is 37.1 Å². The van der Waals surface area contributed by atoms with Crippen LogP contribution in [0.5, 0.6) is 5.75 Å². The summed E-state index contributed by atoms with van der Waals surface area (Å²) in [5, 5.41) is 6.00. The zero-order chi connectivity index (χ0) is 24.5. The molecule has 0 saturated carbocycles. The molecular weight excluding hydrogens is 483 g/mol. The standard InChI is InChI=1S/C22H18ClF5N4O2/c23-15-5-1-2-6-16(15)32-18(13-7-9-14(10-8-13)22(26,27)28)19(34-21(24)25)17(29-32)20(33)30-31-11-3-4-12-31/h1-2,5-10,21H,3-4,11-12H2,(H,30,33). The number of nitrogens with zero attached hydrogens (tertiary/aromatic N) is 3. The maximum absolute atomic E-state index is 13.4. The number of halogens is 6. The van der Waals surface area contributed by atoms with Crippen LogP contribution in [0, 0.1) is 0 Å². The van der Waals surface area contributed by atoms with Gasteiger partial charge in [0.15, 0.2) is 11.4 Å². The van der Waals surface area contributed by atoms with Gasteiger partial charge in [0, 0.05) is 18.7 Å². The van der Waals surface area contributed by atoms with Crippen LogP contribution in [0.25, 0.3) is 16.9 Å². The molecule has 0 spiro atoms. The lowest BCUT2D eigenvalue weighted by molar-refractivity contribution is -0.137. The number of ether oxygens (including phenoxy) is 1. The van der Waals surface area contributed by atoms with Gasteiger partial charge in [0.1, 0.15) is 5.69 Å². The van der Waals surface area contributed by atoms with Crippen LogP contribution in [0.3, 0.4) is 0 Å². The van der Waals surface area contributed by atoms with Crippen LogP contribution in [-0.4, -0.2) is 40.4 Å². The van der Waals surface area contributed by atoms with E-state index in [0.29, 0.717) is 13.1 Å². The van der Waals surface area contributed by atoms with Crippen LogP contribution in [0.2, 0.25) is 5.02 Å². The number of benzene rings is 2. The number of carbonyl (C=O) groups excluding carboxylic acids is 1. The van der Waals surface area contributed by atoms with Crippen molar-refractivity contribution in [2.24, 2.45) is 0 Å². The molecule has 3 aromatic rings. The van der Waals surface area contributed by atoms with Gasteiger partial charge in [-0.15, -0.1) is 0 Å². The summed E-state index contributed by atoms with van der Waals surface area (Å²) in [6.45, 7) is -2.17. The van der Waals surface area contributed by atoms with Crippen LogP contribution in [-0.2, 0) is 6.18 Å². The third kappa shape index (κ3) is 5.00. The van der Waals surface area contributed by atoms with Gasteiger partial charge in [0.25, 0.3) is 5.91 Å². The number of alkyl halides is 5. The molecule has 2 aromatic carbocycles. The first-order chi connectivity index (χ1) is 16.1. The molecular formula is C22H18ClF5N4O2. The van der Waals surface area contributed by atoms with Crippen molar-refractivity contribution in [2.45, 2.75) is 25.6 Å². The molecule has 1 aliphatic rings. The van der Waals surface area contributed by atoms with Crippen molar-refractivity contribution >= 4 is 17.5 Å². The summed E-state index contributed by atoms with van der Waals surface area (Å²) < 4.78 is 71.8. The van der Waals surface area contributed by atoms with Crippen molar-refractivity contribution in [1.82, 2.24) is 20.2 Å². The Hall–Kier alpha value is -3.18. The zero-order valence-corrected chi connectivity index (χ0v) is 18.2. The number of para-hydroxylation sites is 1. The van der Waals surface area contributed by atoms with Gasteiger partial charge in [0.2, 0.25) is 0 Å². The number of aromatic nitrogens is 2. The second-order valence-electron chi connectivity index (χ2n) is 7.48. The maximum Gasteiger partial charge on any atom is 0.416 e. The number of rotatable bonds is 6. The molecule has 12 heteroatoms. The van der Waals surface area contributed by atoms with E-state index in [-0.39, 0.29) is 22.0 Å². The highest BCUT2D eigenvalue weighted by atomic mass is 35.5. The lowest BCUT2D eigenvalue weighted by Gasteiger charge is -2.16. The number of hydrazine groups is 1. The molecule has 1 aromatic heterocycles. The number of hydrogen-bond donors (Lipinski definition) is 1. The second-order valence-corrected chi connectivity index (χ2v) is 7.89. The first-order valence-electron chi connectivity index (χ1n) is 10.2. The summed E-state index contributed by atoms with van der Waals surface area (Å²) in [6, 6.07) is 10.1. The smallest absolute Gasteiger partial charge is 0.416 e. The Morgan fingerprint density at radius 1 is 1.06 bits per heavy atom. The van der Waals surface area contributed by atoms with E-state index >= 15 is 0 Å². The van der Waals surface area contributed by atoms with Crippen molar-refractivity contribution in [3.63, 3.8) is 0 Å². The lowest BCUT2D eigenvalue weighted by atomic mass is 10.1. The van der Waals surface area contributed by atoms with E-state index in [2.05, 4.69) is 10.5 Å². The number of carbonyl (C=O) groups is 1. The van der Waals surface area contributed by atoms with E-state index in [1.54, 1.807) is 17.1 Å². The molecule has 180 valence electrons. The lowest BCUT2D eigenvalue weighted by Crippen LogP contribution is -2.40. The maximum atomic E-state index is 13.4. The second kappa shape index (κ2) is 9.59. The zero-order valence-electron chi connectivity index (χ0n) is 17.5. The van der Waals surface area contributed by atoms with Crippen molar-refractivity contribution < 1.29 is 31.5 Å². The minimum absolute atomic E-state index is 0.0660. The summed E-state index contributed by atoms with van der Waals surface area (Å²) in [7, 11) is 0. The van der Waals surface area contributed by atoms with E-state index in [9.17, 15) is 26.7 Å². The van der Waals surface area contributed by atoms with E-state index in [4.69, 9.17) is 16.3 Å². The average Bonchev–Trinajstić information content (AvgIpc) is 3.41. The van der Waals surface area contributed by atoms with Gasteiger partial charge in [0.05, 0.1) is 16.3 Å². The van der Waals surface area contributed by atoms with Crippen molar-refractivity contribution in [2.75, 3.05) is 13.1 Å². The molecule has 6 nitrogen and oxygen atoms in total. The van der Waals surface area contributed by atoms with E-state index in [1.807, 2.05) is 0 Å². The number of amides is 1. The molecule has 1 fully saturated rings. The summed E-state index contributed by atoms with van der Waals surface area (Å²) in [5.74, 6) is -1.37. The summed E-state index contributed by atoms with van der Waals surface area (Å²) in [6.07, 6.45) is -2.89. The van der Waals surface area contributed by atoms with Gasteiger partial charge >= 0.3 is 12.8 Å². The molecule has 1 aliphatic heterocycles. The fourth-order valence-electron chi connectivity index (χ4n) is 3.65. The first-order valence-corrected chi connectivity index (χ1v) is 10.6. The Bertz CT molecular complexity index is 1180. The van der Waals surface area contributed by atoms with Crippen LogP contribution >= 0.6 is 11.6 Å². The highest BCUT2D eigenvalue weighted by Crippen LogP contribution is 2.39. The van der Waals surface area contributed by atoms with Gasteiger partial charge < -0.3 is 4.74 Å². The Morgan fingerprint density at radius 3 is 2.29 bits per heavy atom. The molecule has 0 radical (unpaired) electrons. The van der Waals surface area contributed by atoms with Crippen molar-refractivity contribution in [1.29, 1.82) is 0 Å². The molecule has 1 saturated heterocycles. The largest absolute Gasteiger partial charge is 0.430 e. The normalized spacial score (nSPS) is 14.6. The number of nitrogens with one attached hydrogen (secondary N) is 1. The number of hydrogen-bond acceptors (Lipinski definition) is 4. The van der Waals surface area contributed by atoms with Gasteiger partial charge in [-0.1, -0.05) is 35.9 Å². The SMILES string of the molecule is O=C(NN1CCCC1)c1nn(-c2ccccc2Cl)c(-c2ccc(C(F)(F)F)cc2)c1OC(F)F. The fourth-order valence-corrected chi connectivity index (χ4v) is 3.86. The molecule has 0 bridgehead atoms.